The molecular formula is C25H27F2N3O4. The van der Waals surface area contributed by atoms with Gasteiger partial charge in [-0.25, -0.2) is 4.98 Å². The van der Waals surface area contributed by atoms with E-state index < -0.39 is 12.5 Å². The lowest BCUT2D eigenvalue weighted by atomic mass is 9.77. The summed E-state index contributed by atoms with van der Waals surface area (Å²) in [5.74, 6) is -0.580. The molecule has 1 aliphatic heterocycles. The van der Waals surface area contributed by atoms with E-state index in [4.69, 9.17) is 14.2 Å². The number of carbonyl (C=O) groups is 1. The molecule has 1 N–H and O–H groups in total. The van der Waals surface area contributed by atoms with Crippen molar-refractivity contribution in [1.29, 1.82) is 0 Å². The van der Waals surface area contributed by atoms with Gasteiger partial charge in [0, 0.05) is 29.8 Å². The predicted molar refractivity (Wildman–Crippen MR) is 122 cm³/mol. The molecule has 7 nitrogen and oxygen atoms in total. The molecule has 5 rings (SSSR count). The summed E-state index contributed by atoms with van der Waals surface area (Å²) >= 11 is 0. The number of aromatic nitrogens is 2. The summed E-state index contributed by atoms with van der Waals surface area (Å²) in [4.78, 5) is 17.3. The number of nitrogens with one attached hydrogen (secondary N) is 1. The molecule has 2 fully saturated rings. The standard InChI is InChI=1S/C25H27F2N3O4/c1-25(2,20-7-9-33-20)15-6-8-30-17(13-28-21(30)12-15)14-10-18(32-3)22(19(11-14)34-24(26)27)23(31)29-16-4-5-16/h6,8,10-13,16,20,24H,4-5,7,9H2,1-3H3,(H,29,31). The lowest BCUT2D eigenvalue weighted by Crippen LogP contribution is -2.43. The van der Waals surface area contributed by atoms with Gasteiger partial charge in [0.25, 0.3) is 5.91 Å². The molecular weight excluding hydrogens is 444 g/mol. The average Bonchev–Trinajstić information content (AvgIpc) is 3.45. The minimum absolute atomic E-state index is 0.0446. The summed E-state index contributed by atoms with van der Waals surface area (Å²) in [6.45, 7) is 1.99. The average molecular weight is 472 g/mol. The fraction of sp³-hybridized carbons (Fsp3) is 0.440. The number of imidazole rings is 1. The van der Waals surface area contributed by atoms with Crippen LogP contribution in [0.4, 0.5) is 8.78 Å². The number of hydrogen-bond acceptors (Lipinski definition) is 5. The van der Waals surface area contributed by atoms with Crippen LogP contribution in [0, 0.1) is 0 Å². The molecule has 3 aromatic rings. The smallest absolute Gasteiger partial charge is 0.387 e. The third-order valence-corrected chi connectivity index (χ3v) is 6.70. The van der Waals surface area contributed by atoms with Crippen molar-refractivity contribution in [3.8, 4) is 22.8 Å². The van der Waals surface area contributed by atoms with Crippen LogP contribution in [0.2, 0.25) is 0 Å². The number of pyridine rings is 1. The molecule has 34 heavy (non-hydrogen) atoms. The van der Waals surface area contributed by atoms with Crippen LogP contribution < -0.4 is 14.8 Å². The van der Waals surface area contributed by atoms with Gasteiger partial charge in [-0.3, -0.25) is 9.20 Å². The Bertz CT molecular complexity index is 1230. The third-order valence-electron chi connectivity index (χ3n) is 6.70. The third kappa shape index (κ3) is 4.09. The maximum atomic E-state index is 13.2. The van der Waals surface area contributed by atoms with Crippen molar-refractivity contribution in [3.05, 3.63) is 47.8 Å². The summed E-state index contributed by atoms with van der Waals surface area (Å²) in [7, 11) is 1.39. The molecule has 0 bridgehead atoms. The van der Waals surface area contributed by atoms with Crippen LogP contribution in [0.5, 0.6) is 11.5 Å². The molecule has 9 heteroatoms. The van der Waals surface area contributed by atoms with Gasteiger partial charge in [-0.05, 0) is 49.1 Å². The van der Waals surface area contributed by atoms with E-state index in [1.54, 1.807) is 12.3 Å². The highest BCUT2D eigenvalue weighted by Gasteiger charge is 2.37. The van der Waals surface area contributed by atoms with Gasteiger partial charge in [0.05, 0.1) is 25.1 Å². The van der Waals surface area contributed by atoms with Crippen molar-refractivity contribution in [2.45, 2.75) is 57.3 Å². The number of fused-ring (bicyclic) bond motifs is 1. The topological polar surface area (TPSA) is 74.1 Å². The number of ether oxygens (including phenoxy) is 3. The van der Waals surface area contributed by atoms with Gasteiger partial charge in [-0.1, -0.05) is 13.8 Å². The van der Waals surface area contributed by atoms with E-state index in [0.29, 0.717) is 16.9 Å². The van der Waals surface area contributed by atoms with Crippen molar-refractivity contribution in [1.82, 2.24) is 14.7 Å². The second-order valence-electron chi connectivity index (χ2n) is 9.33. The Morgan fingerprint density at radius 2 is 1.97 bits per heavy atom. The Hall–Kier alpha value is -3.20. The second-order valence-corrected chi connectivity index (χ2v) is 9.33. The first-order valence-corrected chi connectivity index (χ1v) is 11.3. The number of nitrogens with zero attached hydrogens (tertiary/aromatic N) is 2. The lowest BCUT2D eigenvalue weighted by molar-refractivity contribution is -0.0890. The highest BCUT2D eigenvalue weighted by molar-refractivity contribution is 6.01. The van der Waals surface area contributed by atoms with Gasteiger partial charge in [0.1, 0.15) is 22.7 Å². The number of amides is 1. The predicted octanol–water partition coefficient (Wildman–Crippen LogP) is 4.57. The van der Waals surface area contributed by atoms with Gasteiger partial charge in [-0.2, -0.15) is 8.78 Å². The molecule has 1 saturated heterocycles. The summed E-state index contributed by atoms with van der Waals surface area (Å²) in [6.07, 6.45) is 6.48. The number of benzene rings is 1. The lowest BCUT2D eigenvalue weighted by Gasteiger charge is -2.40. The molecule has 1 aliphatic carbocycles. The van der Waals surface area contributed by atoms with Crippen LogP contribution >= 0.6 is 0 Å². The van der Waals surface area contributed by atoms with Crippen LogP contribution in [0.3, 0.4) is 0 Å². The van der Waals surface area contributed by atoms with Gasteiger partial charge in [0.15, 0.2) is 0 Å². The zero-order valence-corrected chi connectivity index (χ0v) is 19.3. The first-order valence-electron chi connectivity index (χ1n) is 11.3. The van der Waals surface area contributed by atoms with Crippen molar-refractivity contribution >= 4 is 11.6 Å². The van der Waals surface area contributed by atoms with Crippen molar-refractivity contribution in [2.75, 3.05) is 13.7 Å². The number of rotatable bonds is 8. The Balaban J connectivity index is 1.56. The first kappa shape index (κ1) is 22.6. The Morgan fingerprint density at radius 1 is 1.24 bits per heavy atom. The molecule has 1 atom stereocenters. The Labute approximate surface area is 196 Å². The molecule has 1 unspecified atom stereocenters. The fourth-order valence-electron chi connectivity index (χ4n) is 4.38. The van der Waals surface area contributed by atoms with Gasteiger partial charge < -0.3 is 19.5 Å². The second kappa shape index (κ2) is 8.54. The number of methoxy groups -OCH3 is 1. The Morgan fingerprint density at radius 3 is 2.59 bits per heavy atom. The number of halogens is 2. The first-order chi connectivity index (χ1) is 16.3. The van der Waals surface area contributed by atoms with E-state index in [2.05, 4.69) is 24.1 Å². The van der Waals surface area contributed by atoms with Crippen LogP contribution in [-0.4, -0.2) is 47.8 Å². The molecule has 0 spiro atoms. The Kier molecular flexibility index (Phi) is 5.67. The normalized spacial score (nSPS) is 18.1. The molecule has 2 aromatic heterocycles. The van der Waals surface area contributed by atoms with Crippen LogP contribution in [0.15, 0.2) is 36.7 Å². The van der Waals surface area contributed by atoms with E-state index in [1.807, 2.05) is 22.7 Å². The molecule has 1 amide bonds. The quantitative estimate of drug-likeness (QED) is 0.521. The highest BCUT2D eigenvalue weighted by atomic mass is 19.3. The molecule has 180 valence electrons. The maximum Gasteiger partial charge on any atom is 0.387 e. The zero-order chi connectivity index (χ0) is 24.0. The molecule has 2 aliphatic rings. The largest absolute Gasteiger partial charge is 0.496 e. The minimum Gasteiger partial charge on any atom is -0.496 e. The van der Waals surface area contributed by atoms with Crippen LogP contribution in [0.1, 0.15) is 49.0 Å². The number of alkyl halides is 2. The van der Waals surface area contributed by atoms with Crippen molar-refractivity contribution in [2.24, 2.45) is 0 Å². The summed E-state index contributed by atoms with van der Waals surface area (Å²) in [5.41, 5.74) is 2.81. The van der Waals surface area contributed by atoms with E-state index in [-0.39, 0.29) is 34.6 Å². The van der Waals surface area contributed by atoms with Crippen molar-refractivity contribution in [3.63, 3.8) is 0 Å². The van der Waals surface area contributed by atoms with Gasteiger partial charge in [-0.15, -0.1) is 0 Å². The van der Waals surface area contributed by atoms with E-state index in [9.17, 15) is 13.6 Å². The van der Waals surface area contributed by atoms with Crippen molar-refractivity contribution < 1.29 is 27.8 Å². The molecule has 1 aromatic carbocycles. The van der Waals surface area contributed by atoms with Gasteiger partial charge >= 0.3 is 6.61 Å². The minimum atomic E-state index is -3.09. The summed E-state index contributed by atoms with van der Waals surface area (Å²) in [5, 5.41) is 2.81. The zero-order valence-electron chi connectivity index (χ0n) is 19.3. The van der Waals surface area contributed by atoms with E-state index >= 15 is 0 Å². The van der Waals surface area contributed by atoms with Crippen LogP contribution in [0.25, 0.3) is 16.9 Å². The fourth-order valence-corrected chi connectivity index (χ4v) is 4.38. The molecule has 3 heterocycles. The summed E-state index contributed by atoms with van der Waals surface area (Å²) < 4.78 is 44.2. The number of hydrogen-bond donors (Lipinski definition) is 1. The maximum absolute atomic E-state index is 13.2. The summed E-state index contributed by atoms with van der Waals surface area (Å²) in [6, 6.07) is 7.16. The van der Waals surface area contributed by atoms with E-state index in [0.717, 1.165) is 31.4 Å². The highest BCUT2D eigenvalue weighted by Crippen LogP contribution is 2.38. The van der Waals surface area contributed by atoms with Crippen LogP contribution in [-0.2, 0) is 10.2 Å². The van der Waals surface area contributed by atoms with E-state index in [1.165, 1.54) is 13.2 Å². The number of carbonyl (C=O) groups excluding carboxylic acids is 1. The monoisotopic (exact) mass is 471 g/mol. The molecule has 0 radical (unpaired) electrons. The van der Waals surface area contributed by atoms with Gasteiger partial charge in [0.2, 0.25) is 0 Å². The molecule has 1 saturated carbocycles. The SMILES string of the molecule is COc1cc(-c2cnc3cc(C(C)(C)C4CCO4)ccn23)cc(OC(F)F)c1C(=O)NC1CC1.